The van der Waals surface area contributed by atoms with Crippen molar-refractivity contribution in [2.45, 2.75) is 45.7 Å². The van der Waals surface area contributed by atoms with Crippen molar-refractivity contribution in [1.29, 1.82) is 0 Å². The summed E-state index contributed by atoms with van der Waals surface area (Å²) in [6.45, 7) is 8.33. The summed E-state index contributed by atoms with van der Waals surface area (Å²) in [7, 11) is 1.65. The number of methoxy groups -OCH3 is 1. The molecule has 1 aromatic heterocycles. The average molecular weight is 264 g/mol. The molecule has 1 aliphatic heterocycles. The number of nitrogens with zero attached hydrogens (tertiary/aromatic N) is 3. The fourth-order valence-electron chi connectivity index (χ4n) is 2.44. The van der Waals surface area contributed by atoms with Gasteiger partial charge < -0.3 is 15.0 Å². The Labute approximate surface area is 115 Å². The van der Waals surface area contributed by atoms with Crippen LogP contribution in [-0.4, -0.2) is 42.3 Å². The van der Waals surface area contributed by atoms with Gasteiger partial charge in [-0.1, -0.05) is 13.8 Å². The monoisotopic (exact) mass is 264 g/mol. The first-order chi connectivity index (χ1) is 9.10. The summed E-state index contributed by atoms with van der Waals surface area (Å²) in [6.07, 6.45) is 2.39. The molecule has 2 heterocycles. The minimum Gasteiger partial charge on any atom is -0.481 e. The van der Waals surface area contributed by atoms with Gasteiger partial charge in [-0.25, -0.2) is 4.98 Å². The molecule has 106 valence electrons. The third kappa shape index (κ3) is 3.56. The molecule has 0 radical (unpaired) electrons. The highest BCUT2D eigenvalue weighted by Crippen LogP contribution is 2.24. The third-order valence-electron chi connectivity index (χ3n) is 3.42. The van der Waals surface area contributed by atoms with Crippen LogP contribution in [0.2, 0.25) is 0 Å². The van der Waals surface area contributed by atoms with Gasteiger partial charge in [-0.05, 0) is 19.8 Å². The lowest BCUT2D eigenvalue weighted by atomic mass is 10.2. The van der Waals surface area contributed by atoms with Gasteiger partial charge in [-0.2, -0.15) is 4.98 Å². The highest BCUT2D eigenvalue weighted by Gasteiger charge is 2.27. The predicted octanol–water partition coefficient (Wildman–Crippen LogP) is 1.76. The van der Waals surface area contributed by atoms with Gasteiger partial charge in [0, 0.05) is 36.9 Å². The number of aryl methyl sites for hydroxylation is 1. The highest BCUT2D eigenvalue weighted by atomic mass is 16.5. The number of ether oxygens (including phenoxy) is 1. The van der Waals surface area contributed by atoms with Crippen LogP contribution in [0.4, 0.5) is 5.95 Å². The molecule has 1 unspecified atom stereocenters. The van der Waals surface area contributed by atoms with Gasteiger partial charge in [0.1, 0.15) is 0 Å². The smallest absolute Gasteiger partial charge is 0.229 e. The van der Waals surface area contributed by atoms with Crippen LogP contribution in [0, 0.1) is 6.92 Å². The molecule has 0 amide bonds. The normalized spacial score (nSPS) is 19.2. The third-order valence-corrected chi connectivity index (χ3v) is 3.42. The zero-order chi connectivity index (χ0) is 13.8. The fourth-order valence-corrected chi connectivity index (χ4v) is 2.44. The van der Waals surface area contributed by atoms with E-state index in [0.29, 0.717) is 18.0 Å². The van der Waals surface area contributed by atoms with Gasteiger partial charge >= 0.3 is 0 Å². The summed E-state index contributed by atoms with van der Waals surface area (Å²) in [5.74, 6) is 1.44. The molecule has 0 spiro atoms. The fraction of sp³-hybridized carbons (Fsp3) is 0.714. The van der Waals surface area contributed by atoms with Crippen molar-refractivity contribution in [2.75, 3.05) is 25.1 Å². The molecule has 0 aromatic carbocycles. The van der Waals surface area contributed by atoms with E-state index in [1.807, 2.05) is 13.0 Å². The molecule has 19 heavy (non-hydrogen) atoms. The molecular formula is C14H24N4O. The van der Waals surface area contributed by atoms with Gasteiger partial charge in [0.2, 0.25) is 11.8 Å². The lowest BCUT2D eigenvalue weighted by molar-refractivity contribution is 0.395. The summed E-state index contributed by atoms with van der Waals surface area (Å²) in [5.41, 5.74) is 0.948. The van der Waals surface area contributed by atoms with Crippen LogP contribution in [-0.2, 0) is 0 Å². The van der Waals surface area contributed by atoms with E-state index in [1.165, 1.54) is 12.8 Å². The first-order valence-corrected chi connectivity index (χ1v) is 7.00. The van der Waals surface area contributed by atoms with Crippen LogP contribution in [0.3, 0.4) is 0 Å². The molecule has 1 fully saturated rings. The van der Waals surface area contributed by atoms with Gasteiger partial charge in [-0.3, -0.25) is 0 Å². The second kappa shape index (κ2) is 6.19. The van der Waals surface area contributed by atoms with Crippen molar-refractivity contribution in [1.82, 2.24) is 15.3 Å². The van der Waals surface area contributed by atoms with Gasteiger partial charge in [-0.15, -0.1) is 0 Å². The van der Waals surface area contributed by atoms with Gasteiger partial charge in [0.25, 0.3) is 0 Å². The molecular weight excluding hydrogens is 240 g/mol. The summed E-state index contributed by atoms with van der Waals surface area (Å²) < 4.78 is 5.24. The number of rotatable bonds is 5. The molecule has 0 aliphatic carbocycles. The first kappa shape index (κ1) is 14.1. The Hall–Kier alpha value is -1.36. The number of aromatic nitrogens is 2. The van der Waals surface area contributed by atoms with E-state index in [1.54, 1.807) is 7.11 Å². The van der Waals surface area contributed by atoms with Crippen LogP contribution in [0.25, 0.3) is 0 Å². The second-order valence-electron chi connectivity index (χ2n) is 5.40. The van der Waals surface area contributed by atoms with Crippen LogP contribution in [0.15, 0.2) is 6.07 Å². The Morgan fingerprint density at radius 1 is 1.47 bits per heavy atom. The second-order valence-corrected chi connectivity index (χ2v) is 5.40. The number of hydrogen-bond acceptors (Lipinski definition) is 5. The quantitative estimate of drug-likeness (QED) is 0.878. The molecule has 0 saturated carbocycles. The molecule has 5 nitrogen and oxygen atoms in total. The molecule has 0 bridgehead atoms. The van der Waals surface area contributed by atoms with Gasteiger partial charge in [0.05, 0.1) is 7.11 Å². The molecule has 1 N–H and O–H groups in total. The Morgan fingerprint density at radius 3 is 2.95 bits per heavy atom. The van der Waals surface area contributed by atoms with Crippen molar-refractivity contribution in [2.24, 2.45) is 0 Å². The molecule has 1 aromatic rings. The lowest BCUT2D eigenvalue weighted by Crippen LogP contribution is -2.41. The summed E-state index contributed by atoms with van der Waals surface area (Å²) in [5, 5.41) is 3.50. The number of hydrogen-bond donors (Lipinski definition) is 1. The number of nitrogens with one attached hydrogen (secondary N) is 1. The van der Waals surface area contributed by atoms with Crippen LogP contribution < -0.4 is 15.0 Å². The molecule has 5 heteroatoms. The van der Waals surface area contributed by atoms with E-state index < -0.39 is 0 Å². The van der Waals surface area contributed by atoms with E-state index in [4.69, 9.17) is 4.74 Å². The van der Waals surface area contributed by atoms with E-state index in [-0.39, 0.29) is 0 Å². The van der Waals surface area contributed by atoms with Crippen LogP contribution in [0.1, 0.15) is 32.4 Å². The Morgan fingerprint density at radius 2 is 2.26 bits per heavy atom. The lowest BCUT2D eigenvalue weighted by Gasteiger charge is -2.26. The summed E-state index contributed by atoms with van der Waals surface area (Å²) >= 11 is 0. The Balaban J connectivity index is 2.12. The maximum absolute atomic E-state index is 5.24. The maximum atomic E-state index is 5.24. The zero-order valence-electron chi connectivity index (χ0n) is 12.3. The van der Waals surface area contributed by atoms with Crippen molar-refractivity contribution in [3.8, 4) is 5.88 Å². The van der Waals surface area contributed by atoms with Crippen molar-refractivity contribution in [3.63, 3.8) is 0 Å². The average Bonchev–Trinajstić information content (AvgIpc) is 2.83. The highest BCUT2D eigenvalue weighted by molar-refractivity contribution is 5.37. The molecule has 1 aliphatic rings. The SMILES string of the molecule is COc1cc(C)nc(N2CCCC2CNC(C)C)n1. The minimum atomic E-state index is 0.480. The summed E-state index contributed by atoms with van der Waals surface area (Å²) in [4.78, 5) is 11.3. The maximum Gasteiger partial charge on any atom is 0.229 e. The van der Waals surface area contributed by atoms with E-state index in [0.717, 1.165) is 24.7 Å². The standard InChI is InChI=1S/C14H24N4O/c1-10(2)15-9-12-6-5-7-18(12)14-16-11(3)8-13(17-14)19-4/h8,10,12,15H,5-7,9H2,1-4H3. The summed E-state index contributed by atoms with van der Waals surface area (Å²) in [6, 6.07) is 2.85. The minimum absolute atomic E-state index is 0.480. The van der Waals surface area contributed by atoms with Crippen molar-refractivity contribution in [3.05, 3.63) is 11.8 Å². The van der Waals surface area contributed by atoms with E-state index in [2.05, 4.69) is 34.0 Å². The van der Waals surface area contributed by atoms with E-state index in [9.17, 15) is 0 Å². The largest absolute Gasteiger partial charge is 0.481 e. The predicted molar refractivity (Wildman–Crippen MR) is 76.8 cm³/mol. The zero-order valence-corrected chi connectivity index (χ0v) is 12.3. The first-order valence-electron chi connectivity index (χ1n) is 7.00. The van der Waals surface area contributed by atoms with Crippen molar-refractivity contribution >= 4 is 5.95 Å². The van der Waals surface area contributed by atoms with Gasteiger partial charge in [0.15, 0.2) is 0 Å². The van der Waals surface area contributed by atoms with Crippen LogP contribution >= 0.6 is 0 Å². The van der Waals surface area contributed by atoms with Crippen molar-refractivity contribution < 1.29 is 4.74 Å². The Bertz CT molecular complexity index is 422. The van der Waals surface area contributed by atoms with E-state index >= 15 is 0 Å². The molecule has 2 rings (SSSR count). The number of anilines is 1. The molecule has 1 atom stereocenters. The topological polar surface area (TPSA) is 50.3 Å². The van der Waals surface area contributed by atoms with Crippen LogP contribution in [0.5, 0.6) is 5.88 Å². The molecule has 1 saturated heterocycles. The Kier molecular flexibility index (Phi) is 4.58.